The predicted molar refractivity (Wildman–Crippen MR) is 373 cm³/mol. The maximum Gasteiger partial charge on any atom is 1.00 e. The Hall–Kier alpha value is -4.59. The summed E-state index contributed by atoms with van der Waals surface area (Å²) < 4.78 is 60.9. The number of unbranched alkanes of at least 4 members (excludes halogenated alkanes) is 28. The number of alkyl carbamates (subject to hydrolysis) is 1. The molecule has 0 bridgehead atoms. The number of phenolic OH excluding ortho intramolecular Hbond substituents is 1. The van der Waals surface area contributed by atoms with E-state index in [1.54, 1.807) is 12.1 Å². The number of phosphoric ester groups is 1. The van der Waals surface area contributed by atoms with Gasteiger partial charge in [0.1, 0.15) is 37.9 Å². The normalized spacial score (nSPS) is 12.3. The second kappa shape index (κ2) is 59.5. The molecule has 0 fully saturated rings. The van der Waals surface area contributed by atoms with Gasteiger partial charge in [0.25, 0.3) is 7.82 Å². The van der Waals surface area contributed by atoms with Crippen LogP contribution in [0.1, 0.15) is 247 Å². The summed E-state index contributed by atoms with van der Waals surface area (Å²) in [5, 5.41) is 14.5. The van der Waals surface area contributed by atoms with Crippen LogP contribution in [0.25, 0.3) is 24.3 Å². The van der Waals surface area contributed by atoms with Crippen molar-refractivity contribution >= 4 is 56.1 Å². The molecule has 3 rings (SSSR count). The van der Waals surface area contributed by atoms with Gasteiger partial charge >= 0.3 is 47.6 Å². The number of aromatic hydroxyl groups is 1. The van der Waals surface area contributed by atoms with E-state index in [0.29, 0.717) is 39.3 Å². The molecule has 0 aliphatic heterocycles. The SMILES string of the molecule is CCCCCCCCCCCCCCCCCC(=O)OCC(COP(=O)([O-])OCCNC(=O)OCCOCC(=O)NCCOCCOCCOc1ccc(/C=C/c2ccc(/C=C/c3ccc(O)cc3)cc2C)cc1)OC(=O)CCCCCCCCCCCCCCCCC.[Na+]. The number of carbonyl (C=O) groups excluding carboxylic acids is 4. The Morgan fingerprint density at radius 1 is 0.484 bits per heavy atom. The van der Waals surface area contributed by atoms with Crippen LogP contribution in [0.2, 0.25) is 0 Å². The molecule has 0 spiro atoms. The number of amides is 2. The van der Waals surface area contributed by atoms with Gasteiger partial charge in [0.15, 0.2) is 6.10 Å². The molecule has 3 N–H and O–H groups in total. The third-order valence-electron chi connectivity index (χ3n) is 15.9. The van der Waals surface area contributed by atoms with Gasteiger partial charge in [-0.2, -0.15) is 0 Å². The Morgan fingerprint density at radius 3 is 1.48 bits per heavy atom. The quantitative estimate of drug-likeness (QED) is 0.0119. The van der Waals surface area contributed by atoms with Crippen LogP contribution in [0.5, 0.6) is 11.5 Å². The molecule has 0 saturated carbocycles. The average Bonchev–Trinajstić information content (AvgIpc) is 1.09. The molecular weight excluding hydrogens is 1240 g/mol. The van der Waals surface area contributed by atoms with Gasteiger partial charge in [-0.05, 0) is 71.8 Å². The first-order valence-corrected chi connectivity index (χ1v) is 37.2. The fourth-order valence-corrected chi connectivity index (χ4v) is 11.1. The predicted octanol–water partition coefficient (Wildman–Crippen LogP) is 13.8. The van der Waals surface area contributed by atoms with Crippen LogP contribution in [-0.2, 0) is 56.4 Å². The van der Waals surface area contributed by atoms with E-state index in [0.717, 1.165) is 72.1 Å². The van der Waals surface area contributed by atoms with E-state index < -0.39 is 45.2 Å². The molecule has 20 heteroatoms. The van der Waals surface area contributed by atoms with Crippen molar-refractivity contribution in [2.45, 2.75) is 232 Å². The topological polar surface area (TPSA) is 236 Å². The van der Waals surface area contributed by atoms with Crippen molar-refractivity contribution in [3.8, 4) is 11.5 Å². The molecule has 0 aliphatic carbocycles. The maximum atomic E-state index is 12.9. The zero-order valence-electron chi connectivity index (χ0n) is 58.6. The number of phosphoric acid groups is 1. The van der Waals surface area contributed by atoms with Crippen molar-refractivity contribution in [3.05, 3.63) is 94.5 Å². The van der Waals surface area contributed by atoms with E-state index in [4.69, 9.17) is 42.2 Å². The van der Waals surface area contributed by atoms with Crippen molar-refractivity contribution in [1.82, 2.24) is 10.6 Å². The number of esters is 2. The third kappa shape index (κ3) is 50.4. The van der Waals surface area contributed by atoms with Crippen LogP contribution in [0.15, 0.2) is 66.7 Å². The third-order valence-corrected chi connectivity index (χ3v) is 16.8. The fourth-order valence-electron chi connectivity index (χ4n) is 10.3. The van der Waals surface area contributed by atoms with Gasteiger partial charge in [0, 0.05) is 25.9 Å². The van der Waals surface area contributed by atoms with Crippen molar-refractivity contribution in [3.63, 3.8) is 0 Å². The molecule has 0 heterocycles. The van der Waals surface area contributed by atoms with E-state index >= 15 is 0 Å². The minimum atomic E-state index is -4.94. The van der Waals surface area contributed by atoms with Gasteiger partial charge in [0.2, 0.25) is 5.91 Å². The zero-order chi connectivity index (χ0) is 67.6. The number of benzene rings is 3. The monoisotopic (exact) mass is 1360 g/mol. The molecule has 0 aromatic heterocycles. The molecule has 530 valence electrons. The Morgan fingerprint density at radius 2 is 0.937 bits per heavy atom. The molecule has 0 radical (unpaired) electrons. The fraction of sp³-hybridized carbons (Fsp3) is 0.653. The van der Waals surface area contributed by atoms with Gasteiger partial charge in [0.05, 0.1) is 46.2 Å². The second-order valence-electron chi connectivity index (χ2n) is 24.3. The van der Waals surface area contributed by atoms with Crippen LogP contribution in [0.3, 0.4) is 0 Å². The summed E-state index contributed by atoms with van der Waals surface area (Å²) in [6, 6.07) is 21.2. The molecule has 95 heavy (non-hydrogen) atoms. The average molecular weight is 1360 g/mol. The largest absolute Gasteiger partial charge is 1.00 e. The first kappa shape index (κ1) is 86.5. The van der Waals surface area contributed by atoms with Crippen LogP contribution in [0.4, 0.5) is 4.79 Å². The molecule has 2 amide bonds. The van der Waals surface area contributed by atoms with Gasteiger partial charge in [-0.15, -0.1) is 0 Å². The van der Waals surface area contributed by atoms with E-state index in [2.05, 4.69) is 67.8 Å². The first-order chi connectivity index (χ1) is 45.8. The molecule has 3 aromatic rings. The summed E-state index contributed by atoms with van der Waals surface area (Å²) in [4.78, 5) is 62.7. The second-order valence-corrected chi connectivity index (χ2v) is 25.7. The van der Waals surface area contributed by atoms with Gasteiger partial charge in [-0.25, -0.2) is 4.79 Å². The smallest absolute Gasteiger partial charge is 0.756 e. The van der Waals surface area contributed by atoms with Gasteiger partial charge in [-0.3, -0.25) is 18.9 Å². The number of hydrogen-bond acceptors (Lipinski definition) is 16. The molecular formula is C75H118N2NaO16P. The van der Waals surface area contributed by atoms with Crippen molar-refractivity contribution in [2.24, 2.45) is 0 Å². The van der Waals surface area contributed by atoms with Crippen LogP contribution < -0.4 is 49.8 Å². The molecule has 0 aliphatic rings. The minimum Gasteiger partial charge on any atom is -0.756 e. The first-order valence-electron chi connectivity index (χ1n) is 35.7. The Bertz CT molecular complexity index is 2520. The van der Waals surface area contributed by atoms with Crippen molar-refractivity contribution < 1.29 is 106 Å². The number of carbonyl (C=O) groups is 4. The standard InChI is InChI=1S/C75H119N2O16P.Na/c1-4-6-8-10-12-14-16-18-20-22-24-26-28-30-32-34-73(80)90-61-71(93-74(81)35-33-31-29-27-25-23-21-19-17-15-13-11-9-7-5-2)62-92-94(83,84)91-53-51-77-75(82)89-59-57-87-63-72(79)76-50-52-85-54-55-86-56-58-88-70-48-42-66(43-49-70)38-44-68-45-39-67(60-64(68)3)37-36-65-40-46-69(78)47-41-65;/h36-49,60,71,78H,4-35,50-59,61-63H2,1-3H3,(H,76,79)(H,77,82)(H,83,84);/q;+1/p-1/b37-36+,44-38+;. The summed E-state index contributed by atoms with van der Waals surface area (Å²) in [6.45, 7) is 6.33. The molecule has 18 nitrogen and oxygen atoms in total. The van der Waals surface area contributed by atoms with E-state index in [9.17, 15) is 33.7 Å². The molecule has 0 saturated heterocycles. The van der Waals surface area contributed by atoms with E-state index in [1.165, 1.54) is 141 Å². The molecule has 2 atom stereocenters. The van der Waals surface area contributed by atoms with E-state index in [1.807, 2.05) is 42.5 Å². The summed E-state index contributed by atoms with van der Waals surface area (Å²) in [5.74, 6) is -0.384. The Labute approximate surface area is 592 Å². The number of rotatable bonds is 61. The number of aryl methyl sites for hydroxylation is 1. The van der Waals surface area contributed by atoms with Gasteiger partial charge < -0.3 is 62.8 Å². The van der Waals surface area contributed by atoms with Crippen LogP contribution >= 0.6 is 7.82 Å². The number of ether oxygens (including phenoxy) is 7. The number of phenols is 1. The van der Waals surface area contributed by atoms with Crippen molar-refractivity contribution in [2.75, 3.05) is 85.8 Å². The number of nitrogens with one attached hydrogen (secondary N) is 2. The molecule has 2 unspecified atom stereocenters. The van der Waals surface area contributed by atoms with E-state index in [-0.39, 0.29) is 100 Å². The summed E-state index contributed by atoms with van der Waals surface area (Å²) in [6.07, 6.45) is 42.6. The van der Waals surface area contributed by atoms with Crippen molar-refractivity contribution in [1.29, 1.82) is 0 Å². The minimum absolute atomic E-state index is 0. The molecule has 3 aromatic carbocycles. The Balaban J connectivity index is 0.0000307. The van der Waals surface area contributed by atoms with Gasteiger partial charge in [-0.1, -0.05) is 260 Å². The summed E-state index contributed by atoms with van der Waals surface area (Å²) >= 11 is 0. The summed E-state index contributed by atoms with van der Waals surface area (Å²) in [7, 11) is -4.94. The maximum absolute atomic E-state index is 12.9. The zero-order valence-corrected chi connectivity index (χ0v) is 61.5. The van der Waals surface area contributed by atoms with Crippen LogP contribution in [0, 0.1) is 6.92 Å². The number of hydrogen-bond donors (Lipinski definition) is 3. The Kier molecular flexibility index (Phi) is 54.1. The summed E-state index contributed by atoms with van der Waals surface area (Å²) in [5.41, 5.74) is 5.44. The van der Waals surface area contributed by atoms with Crippen LogP contribution in [-0.4, -0.2) is 121 Å².